The molecule has 0 aliphatic rings. The topological polar surface area (TPSA) is 111 Å². The average molecular weight is 398 g/mol. The number of amides is 2. The van der Waals surface area contributed by atoms with Crippen molar-refractivity contribution in [3.05, 3.63) is 89.7 Å². The summed E-state index contributed by atoms with van der Waals surface area (Å²) in [6, 6.07) is 17.6. The second-order valence-corrected chi connectivity index (χ2v) is 6.66. The largest absolute Gasteiger partial charge is 0.366 e. The van der Waals surface area contributed by atoms with Crippen LogP contribution >= 0.6 is 0 Å². The van der Waals surface area contributed by atoms with Gasteiger partial charge in [-0.2, -0.15) is 0 Å². The Morgan fingerprint density at radius 1 is 0.967 bits per heavy atom. The normalized spacial score (nSPS) is 10.6. The molecule has 0 bridgehead atoms. The molecule has 7 nitrogen and oxygen atoms in total. The smallest absolute Gasteiger partial charge is 0.258 e. The highest BCUT2D eigenvalue weighted by molar-refractivity contribution is 6.09. The van der Waals surface area contributed by atoms with Crippen LogP contribution in [0.25, 0.3) is 22.4 Å². The number of carbonyl (C=O) groups is 2. The van der Waals surface area contributed by atoms with Crippen LogP contribution in [0, 0.1) is 6.92 Å². The number of aryl methyl sites for hydroxylation is 1. The van der Waals surface area contributed by atoms with Crippen LogP contribution in [0.15, 0.2) is 77.6 Å². The van der Waals surface area contributed by atoms with Gasteiger partial charge in [0, 0.05) is 34.6 Å². The maximum absolute atomic E-state index is 12.9. The number of rotatable bonds is 5. The number of carbonyl (C=O) groups excluding carboxylic acids is 2. The minimum Gasteiger partial charge on any atom is -0.366 e. The molecule has 2 amide bonds. The first kappa shape index (κ1) is 19.1. The number of hydrogen-bond acceptors (Lipinski definition) is 5. The molecule has 7 heteroatoms. The molecule has 0 atom stereocenters. The summed E-state index contributed by atoms with van der Waals surface area (Å²) in [6.07, 6.45) is 3.27. The summed E-state index contributed by atoms with van der Waals surface area (Å²) < 4.78 is 5.51. The molecule has 0 spiro atoms. The van der Waals surface area contributed by atoms with Crippen molar-refractivity contribution in [1.82, 2.24) is 10.1 Å². The number of nitrogens with zero attached hydrogens (tertiary/aromatic N) is 2. The second-order valence-electron chi connectivity index (χ2n) is 6.66. The molecule has 0 aliphatic carbocycles. The van der Waals surface area contributed by atoms with Gasteiger partial charge in [0.05, 0.1) is 5.56 Å². The zero-order valence-corrected chi connectivity index (χ0v) is 16.1. The number of aromatic nitrogens is 2. The lowest BCUT2D eigenvalue weighted by Gasteiger charge is -2.10. The van der Waals surface area contributed by atoms with Gasteiger partial charge in [-0.25, -0.2) is 0 Å². The van der Waals surface area contributed by atoms with Crippen LogP contribution in [0.4, 0.5) is 5.88 Å². The van der Waals surface area contributed by atoms with Gasteiger partial charge in [0.25, 0.3) is 5.91 Å². The highest BCUT2D eigenvalue weighted by atomic mass is 16.5. The Hall–Kier alpha value is -4.26. The van der Waals surface area contributed by atoms with E-state index in [9.17, 15) is 9.59 Å². The molecule has 0 aliphatic heterocycles. The molecule has 30 heavy (non-hydrogen) atoms. The van der Waals surface area contributed by atoms with Crippen molar-refractivity contribution in [3.8, 4) is 22.4 Å². The number of benzene rings is 2. The standard InChI is InChI=1S/C23H18N4O3/c1-14-7-2-3-9-16(14)22(29)26-23-19(17-10-4-5-11-18(17)21(24)28)20(27-30-23)15-8-6-12-25-13-15/h2-13H,1H3,(H2,24,28)(H,26,29). The fraction of sp³-hybridized carbons (Fsp3) is 0.0435. The van der Waals surface area contributed by atoms with Crippen molar-refractivity contribution in [3.63, 3.8) is 0 Å². The Bertz CT molecular complexity index is 1230. The van der Waals surface area contributed by atoms with Crippen LogP contribution in [0.3, 0.4) is 0 Å². The summed E-state index contributed by atoms with van der Waals surface area (Å²) in [4.78, 5) is 29.0. The summed E-state index contributed by atoms with van der Waals surface area (Å²) in [5, 5.41) is 6.93. The Balaban J connectivity index is 1.87. The summed E-state index contributed by atoms with van der Waals surface area (Å²) in [5.74, 6) is -0.823. The van der Waals surface area contributed by atoms with Gasteiger partial charge >= 0.3 is 0 Å². The number of pyridine rings is 1. The van der Waals surface area contributed by atoms with Crippen molar-refractivity contribution in [2.45, 2.75) is 6.92 Å². The van der Waals surface area contributed by atoms with Crippen molar-refractivity contribution in [2.24, 2.45) is 5.73 Å². The van der Waals surface area contributed by atoms with E-state index in [-0.39, 0.29) is 17.4 Å². The Labute approximate surface area is 172 Å². The number of nitrogens with one attached hydrogen (secondary N) is 1. The lowest BCUT2D eigenvalue weighted by molar-refractivity contribution is 0.0998. The fourth-order valence-corrected chi connectivity index (χ4v) is 3.24. The van der Waals surface area contributed by atoms with Crippen LogP contribution in [-0.4, -0.2) is 22.0 Å². The minimum atomic E-state index is -0.597. The van der Waals surface area contributed by atoms with Crippen LogP contribution in [-0.2, 0) is 0 Å². The fourth-order valence-electron chi connectivity index (χ4n) is 3.24. The van der Waals surface area contributed by atoms with Gasteiger partial charge in [0.15, 0.2) is 0 Å². The molecular formula is C23H18N4O3. The summed E-state index contributed by atoms with van der Waals surface area (Å²) in [5.41, 5.74) is 9.27. The minimum absolute atomic E-state index is 0.121. The van der Waals surface area contributed by atoms with Crippen LogP contribution in [0.1, 0.15) is 26.3 Å². The number of primary amides is 1. The molecule has 0 unspecified atom stereocenters. The number of anilines is 1. The average Bonchev–Trinajstić information content (AvgIpc) is 3.17. The van der Waals surface area contributed by atoms with Gasteiger partial charge in [-0.1, -0.05) is 41.6 Å². The third-order valence-corrected chi connectivity index (χ3v) is 4.71. The Morgan fingerprint density at radius 2 is 1.70 bits per heavy atom. The lowest BCUT2D eigenvalue weighted by Crippen LogP contribution is -2.15. The highest BCUT2D eigenvalue weighted by Gasteiger charge is 2.25. The summed E-state index contributed by atoms with van der Waals surface area (Å²) >= 11 is 0. The predicted octanol–water partition coefficient (Wildman–Crippen LogP) is 4.06. The van der Waals surface area contributed by atoms with E-state index in [0.29, 0.717) is 27.9 Å². The van der Waals surface area contributed by atoms with Gasteiger partial charge < -0.3 is 10.3 Å². The van der Waals surface area contributed by atoms with E-state index >= 15 is 0 Å². The molecule has 2 aromatic carbocycles. The quantitative estimate of drug-likeness (QED) is 0.526. The van der Waals surface area contributed by atoms with Gasteiger partial charge in [0.2, 0.25) is 11.8 Å². The first-order chi connectivity index (χ1) is 14.6. The molecule has 2 aromatic heterocycles. The van der Waals surface area contributed by atoms with Crippen LogP contribution in [0.5, 0.6) is 0 Å². The van der Waals surface area contributed by atoms with E-state index in [0.717, 1.165) is 5.56 Å². The molecule has 0 fully saturated rings. The maximum atomic E-state index is 12.9. The molecule has 4 rings (SSSR count). The van der Waals surface area contributed by atoms with Crippen molar-refractivity contribution in [1.29, 1.82) is 0 Å². The van der Waals surface area contributed by atoms with Crippen molar-refractivity contribution < 1.29 is 14.1 Å². The zero-order valence-electron chi connectivity index (χ0n) is 16.1. The van der Waals surface area contributed by atoms with Gasteiger partial charge in [0.1, 0.15) is 5.69 Å². The third-order valence-electron chi connectivity index (χ3n) is 4.71. The monoisotopic (exact) mass is 398 g/mol. The van der Waals surface area contributed by atoms with E-state index in [1.807, 2.05) is 25.1 Å². The second kappa shape index (κ2) is 8.00. The molecule has 0 saturated heterocycles. The zero-order chi connectivity index (χ0) is 21.1. The molecule has 2 heterocycles. The van der Waals surface area contributed by atoms with Crippen LogP contribution in [0.2, 0.25) is 0 Å². The van der Waals surface area contributed by atoms with Gasteiger partial charge in [-0.3, -0.25) is 19.9 Å². The Kier molecular flexibility index (Phi) is 5.09. The van der Waals surface area contributed by atoms with Gasteiger partial charge in [-0.05, 0) is 36.8 Å². The maximum Gasteiger partial charge on any atom is 0.258 e. The highest BCUT2D eigenvalue weighted by Crippen LogP contribution is 2.39. The van der Waals surface area contributed by atoms with Crippen molar-refractivity contribution >= 4 is 17.7 Å². The SMILES string of the molecule is Cc1ccccc1C(=O)Nc1onc(-c2cccnc2)c1-c1ccccc1C(N)=O. The summed E-state index contributed by atoms with van der Waals surface area (Å²) in [7, 11) is 0. The Morgan fingerprint density at radius 3 is 2.40 bits per heavy atom. The molecular weight excluding hydrogens is 380 g/mol. The first-order valence-electron chi connectivity index (χ1n) is 9.22. The summed E-state index contributed by atoms with van der Waals surface area (Å²) in [6.45, 7) is 1.85. The van der Waals surface area contributed by atoms with E-state index < -0.39 is 5.91 Å². The van der Waals surface area contributed by atoms with E-state index in [1.54, 1.807) is 54.9 Å². The van der Waals surface area contributed by atoms with Crippen molar-refractivity contribution in [2.75, 3.05) is 5.32 Å². The molecule has 0 radical (unpaired) electrons. The molecule has 0 saturated carbocycles. The third kappa shape index (κ3) is 3.56. The van der Waals surface area contributed by atoms with Gasteiger partial charge in [-0.15, -0.1) is 0 Å². The van der Waals surface area contributed by atoms with E-state index in [4.69, 9.17) is 10.3 Å². The first-order valence-corrected chi connectivity index (χ1v) is 9.22. The molecule has 3 N–H and O–H groups in total. The predicted molar refractivity (Wildman–Crippen MR) is 113 cm³/mol. The number of hydrogen-bond donors (Lipinski definition) is 2. The lowest BCUT2D eigenvalue weighted by atomic mass is 9.96. The molecule has 4 aromatic rings. The van der Waals surface area contributed by atoms with Crippen LogP contribution < -0.4 is 11.1 Å². The number of nitrogens with two attached hydrogens (primary N) is 1. The van der Waals surface area contributed by atoms with E-state index in [2.05, 4.69) is 15.5 Å². The molecule has 148 valence electrons. The van der Waals surface area contributed by atoms with E-state index in [1.165, 1.54) is 0 Å².